The van der Waals surface area contributed by atoms with E-state index >= 15 is 0 Å². The second kappa shape index (κ2) is 31.2. The first-order valence-electron chi connectivity index (χ1n) is 24.5. The number of hydrogen-bond acceptors (Lipinski definition) is 11. The molecule has 0 aliphatic carbocycles. The third-order valence-electron chi connectivity index (χ3n) is 12.0. The van der Waals surface area contributed by atoms with E-state index in [0.29, 0.717) is 47.9 Å². The first-order chi connectivity index (χ1) is 30.7. The molecule has 3 aromatic carbocycles. The van der Waals surface area contributed by atoms with E-state index in [2.05, 4.69) is 87.0 Å². The van der Waals surface area contributed by atoms with E-state index in [9.17, 15) is 15.0 Å². The summed E-state index contributed by atoms with van der Waals surface area (Å²) in [6.07, 6.45) is 23.7. The summed E-state index contributed by atoms with van der Waals surface area (Å²) in [6, 6.07) is 13.9. The standard InChI is InChI=1S/C51H79N7O5/c1-8-14-18-20-22-24-32-57(33-25-23-21-19-15-9-2)44-29-31-45(40(7)34-44)52-54-47-36-51(63-39-42(13-6)27-17-11-4)48(37-50(47)62-38-41(12-5)26-16-10-3)55-53-46-30-28-43(56-59)35-49(46)58(60)61/h28-31,34-37,41-42H,8-27,32-33,38-39H2,1-7H3. The van der Waals surface area contributed by atoms with Crippen LogP contribution in [0.5, 0.6) is 11.5 Å². The zero-order valence-electron chi connectivity index (χ0n) is 39.9. The third kappa shape index (κ3) is 19.3. The Morgan fingerprint density at radius 3 is 1.49 bits per heavy atom. The van der Waals surface area contributed by atoms with Gasteiger partial charge in [0.1, 0.15) is 28.6 Å². The van der Waals surface area contributed by atoms with Crippen LogP contribution in [0.1, 0.15) is 176 Å². The maximum absolute atomic E-state index is 11.9. The van der Waals surface area contributed by atoms with E-state index in [1.807, 2.05) is 0 Å². The number of benzene rings is 3. The van der Waals surface area contributed by atoms with Gasteiger partial charge >= 0.3 is 0 Å². The molecule has 0 aliphatic heterocycles. The highest BCUT2D eigenvalue weighted by Crippen LogP contribution is 2.43. The molecule has 2 atom stereocenters. The lowest BCUT2D eigenvalue weighted by Crippen LogP contribution is -2.25. The van der Waals surface area contributed by atoms with Gasteiger partial charge in [0.05, 0.1) is 23.8 Å². The SMILES string of the molecule is CCCCCCCCN(CCCCCCCC)c1ccc(N=Nc2cc(OCC(CC)CCCC)c(N=Nc3ccc(N=O)cc3[N+](=O)[O-])cc2OCC(CC)CCCC)c(C)c1. The summed E-state index contributed by atoms with van der Waals surface area (Å²) in [5.74, 6) is 1.57. The molecule has 0 bridgehead atoms. The van der Waals surface area contributed by atoms with Crippen LogP contribution >= 0.6 is 0 Å². The lowest BCUT2D eigenvalue weighted by atomic mass is 10.0. The van der Waals surface area contributed by atoms with Gasteiger partial charge < -0.3 is 14.4 Å². The highest BCUT2D eigenvalue weighted by Gasteiger charge is 2.19. The Kier molecular flexibility index (Phi) is 26.0. The number of nitroso groups, excluding NO2 is 1. The first-order valence-corrected chi connectivity index (χ1v) is 24.5. The number of rotatable bonds is 35. The topological polar surface area (TPSA) is 144 Å². The molecule has 3 aromatic rings. The molecular formula is C51H79N7O5. The molecule has 0 amide bonds. The van der Waals surface area contributed by atoms with Gasteiger partial charge in [-0.15, -0.1) is 20.2 Å². The van der Waals surface area contributed by atoms with E-state index < -0.39 is 4.92 Å². The molecule has 0 heterocycles. The molecule has 0 spiro atoms. The maximum atomic E-state index is 11.9. The minimum Gasteiger partial charge on any atom is -0.491 e. The van der Waals surface area contributed by atoms with Crippen molar-refractivity contribution in [2.24, 2.45) is 37.5 Å². The summed E-state index contributed by atoms with van der Waals surface area (Å²) in [7, 11) is 0. The van der Waals surface area contributed by atoms with Gasteiger partial charge in [0.2, 0.25) is 0 Å². The zero-order valence-corrected chi connectivity index (χ0v) is 39.9. The van der Waals surface area contributed by atoms with Gasteiger partial charge in [-0.05, 0) is 85.5 Å². The molecule has 63 heavy (non-hydrogen) atoms. The van der Waals surface area contributed by atoms with Gasteiger partial charge in [-0.2, -0.15) is 5.11 Å². The number of nitro groups is 1. The van der Waals surface area contributed by atoms with Crippen molar-refractivity contribution in [3.05, 3.63) is 69.1 Å². The van der Waals surface area contributed by atoms with Crippen molar-refractivity contribution >= 4 is 39.8 Å². The summed E-state index contributed by atoms with van der Waals surface area (Å²) in [4.78, 5) is 25.1. The molecule has 0 saturated heterocycles. The van der Waals surface area contributed by atoms with Gasteiger partial charge in [-0.1, -0.05) is 144 Å². The Morgan fingerprint density at radius 1 is 0.571 bits per heavy atom. The second-order valence-electron chi connectivity index (χ2n) is 17.2. The largest absolute Gasteiger partial charge is 0.491 e. The summed E-state index contributed by atoms with van der Waals surface area (Å²) in [5, 5.41) is 33.2. The summed E-state index contributed by atoms with van der Waals surface area (Å²) >= 11 is 0. The van der Waals surface area contributed by atoms with Crippen LogP contribution in [0.4, 0.5) is 39.8 Å². The Morgan fingerprint density at radius 2 is 1.03 bits per heavy atom. The van der Waals surface area contributed by atoms with Crippen LogP contribution in [0, 0.1) is 33.8 Å². The Labute approximate surface area is 379 Å². The highest BCUT2D eigenvalue weighted by atomic mass is 16.6. The van der Waals surface area contributed by atoms with Crippen LogP contribution in [0.25, 0.3) is 0 Å². The maximum Gasteiger partial charge on any atom is 0.299 e. The van der Waals surface area contributed by atoms with Crippen LogP contribution in [0.2, 0.25) is 0 Å². The normalized spacial score (nSPS) is 12.6. The average Bonchev–Trinajstić information content (AvgIpc) is 3.29. The van der Waals surface area contributed by atoms with E-state index in [0.717, 1.165) is 81.8 Å². The fourth-order valence-electron chi connectivity index (χ4n) is 7.64. The molecule has 348 valence electrons. The Balaban J connectivity index is 2.05. The van der Waals surface area contributed by atoms with Gasteiger partial charge in [0.25, 0.3) is 5.69 Å². The van der Waals surface area contributed by atoms with Crippen LogP contribution in [-0.4, -0.2) is 31.2 Å². The minimum atomic E-state index is -0.601. The number of nitro benzene ring substituents is 1. The summed E-state index contributed by atoms with van der Waals surface area (Å²) in [5.41, 5.74) is 3.44. The van der Waals surface area contributed by atoms with Crippen molar-refractivity contribution in [1.29, 1.82) is 0 Å². The predicted molar refractivity (Wildman–Crippen MR) is 261 cm³/mol. The molecule has 0 aliphatic rings. The van der Waals surface area contributed by atoms with Crippen molar-refractivity contribution in [2.45, 2.75) is 177 Å². The lowest BCUT2D eigenvalue weighted by Gasteiger charge is -2.26. The smallest absolute Gasteiger partial charge is 0.299 e. The quantitative estimate of drug-likeness (QED) is 0.0189. The Bertz CT molecular complexity index is 1820. The van der Waals surface area contributed by atoms with Crippen LogP contribution in [0.15, 0.2) is 74.2 Å². The fourth-order valence-corrected chi connectivity index (χ4v) is 7.64. The third-order valence-corrected chi connectivity index (χ3v) is 12.0. The Hall–Kier alpha value is -4.74. The molecule has 0 saturated carbocycles. The van der Waals surface area contributed by atoms with Gasteiger partial charge in [0, 0.05) is 37.0 Å². The second-order valence-corrected chi connectivity index (χ2v) is 17.2. The monoisotopic (exact) mass is 870 g/mol. The van der Waals surface area contributed by atoms with Crippen LogP contribution < -0.4 is 14.4 Å². The van der Waals surface area contributed by atoms with Gasteiger partial charge in [-0.25, -0.2) is 0 Å². The molecule has 0 fully saturated rings. The van der Waals surface area contributed by atoms with E-state index in [1.54, 1.807) is 12.1 Å². The van der Waals surface area contributed by atoms with Crippen molar-refractivity contribution < 1.29 is 14.4 Å². The molecule has 12 heteroatoms. The number of hydrogen-bond donors (Lipinski definition) is 0. The van der Waals surface area contributed by atoms with Crippen LogP contribution in [-0.2, 0) is 0 Å². The molecule has 0 aromatic heterocycles. The molecule has 0 N–H and O–H groups in total. The predicted octanol–water partition coefficient (Wildman–Crippen LogP) is 17.8. The fraction of sp³-hybridized carbons (Fsp3) is 0.647. The summed E-state index contributed by atoms with van der Waals surface area (Å²) in [6.45, 7) is 18.4. The number of aryl methyl sites for hydroxylation is 1. The lowest BCUT2D eigenvalue weighted by molar-refractivity contribution is -0.384. The van der Waals surface area contributed by atoms with Gasteiger partial charge in [0.15, 0.2) is 5.69 Å². The van der Waals surface area contributed by atoms with Crippen molar-refractivity contribution in [3.63, 3.8) is 0 Å². The number of ether oxygens (including phenoxy) is 2. The van der Waals surface area contributed by atoms with E-state index in [-0.39, 0.29) is 17.1 Å². The van der Waals surface area contributed by atoms with Crippen molar-refractivity contribution in [1.82, 2.24) is 0 Å². The number of azo groups is 2. The molecule has 3 rings (SSSR count). The average molecular weight is 870 g/mol. The van der Waals surface area contributed by atoms with Crippen LogP contribution in [0.3, 0.4) is 0 Å². The molecule has 2 unspecified atom stereocenters. The number of unbranched alkanes of at least 4 members (excludes halogenated alkanes) is 12. The number of nitrogens with zero attached hydrogens (tertiary/aromatic N) is 7. The van der Waals surface area contributed by atoms with E-state index in [1.165, 1.54) is 94.9 Å². The zero-order chi connectivity index (χ0) is 45.7. The summed E-state index contributed by atoms with van der Waals surface area (Å²) < 4.78 is 13.1. The molecule has 0 radical (unpaired) electrons. The highest BCUT2D eigenvalue weighted by molar-refractivity contribution is 5.68. The van der Waals surface area contributed by atoms with Gasteiger partial charge in [-0.3, -0.25) is 10.1 Å². The van der Waals surface area contributed by atoms with Crippen molar-refractivity contribution in [2.75, 3.05) is 31.2 Å². The van der Waals surface area contributed by atoms with Crippen molar-refractivity contribution in [3.8, 4) is 11.5 Å². The first kappa shape index (κ1) is 52.6. The molecule has 12 nitrogen and oxygen atoms in total. The number of anilines is 1. The van der Waals surface area contributed by atoms with E-state index in [4.69, 9.17) is 19.7 Å². The molecular weight excluding hydrogens is 791 g/mol. The minimum absolute atomic E-state index is 0.0130.